The molecule has 1 aliphatic heterocycles. The van der Waals surface area contributed by atoms with Crippen molar-refractivity contribution < 1.29 is 28.7 Å². The van der Waals surface area contributed by atoms with Gasteiger partial charge in [0.2, 0.25) is 23.6 Å². The molecule has 1 fully saturated rings. The molecule has 202 valence electrons. The van der Waals surface area contributed by atoms with Gasteiger partial charge in [-0.1, -0.05) is 26.0 Å². The minimum absolute atomic E-state index is 0.0228. The average Bonchev–Trinajstić information content (AvgIpc) is 3.41. The van der Waals surface area contributed by atoms with E-state index in [-0.39, 0.29) is 42.4 Å². The number of hydrogen-bond acceptors (Lipinski definition) is 9. The fourth-order valence-corrected chi connectivity index (χ4v) is 5.80. The number of nitrogens with two attached hydrogens (primary N) is 1. The molecule has 37 heavy (non-hydrogen) atoms. The molecule has 0 bridgehead atoms. The molecular weight excluding hydrogens is 518 g/mol. The summed E-state index contributed by atoms with van der Waals surface area (Å²) >= 11 is 3.07. The van der Waals surface area contributed by atoms with E-state index in [9.17, 15) is 24.0 Å². The zero-order valence-electron chi connectivity index (χ0n) is 20.8. The summed E-state index contributed by atoms with van der Waals surface area (Å²) in [6.07, 6.45) is 5.87. The Morgan fingerprint density at radius 3 is 2.54 bits per heavy atom. The Kier molecular flexibility index (Phi) is 13.0. The van der Waals surface area contributed by atoms with Crippen molar-refractivity contribution in [2.45, 2.75) is 50.0 Å². The number of pyridine rings is 1. The van der Waals surface area contributed by atoms with Crippen molar-refractivity contribution >= 4 is 53.1 Å². The molecule has 0 aliphatic carbocycles. The van der Waals surface area contributed by atoms with Gasteiger partial charge in [0.05, 0.1) is 6.54 Å². The predicted molar refractivity (Wildman–Crippen MR) is 142 cm³/mol. The largest absolute Gasteiger partial charge is 0.458 e. The van der Waals surface area contributed by atoms with Gasteiger partial charge in [0.25, 0.3) is 0 Å². The van der Waals surface area contributed by atoms with Gasteiger partial charge in [0, 0.05) is 48.0 Å². The second-order valence-corrected chi connectivity index (χ2v) is 11.3. The fourth-order valence-electron chi connectivity index (χ4n) is 3.20. The van der Waals surface area contributed by atoms with E-state index in [1.807, 2.05) is 0 Å². The summed E-state index contributed by atoms with van der Waals surface area (Å²) in [5.74, 6) is -0.838. The molecule has 5 N–H and O–H groups in total. The van der Waals surface area contributed by atoms with Gasteiger partial charge in [-0.05, 0) is 18.4 Å². The van der Waals surface area contributed by atoms with Crippen molar-refractivity contribution in [3.8, 4) is 0 Å². The van der Waals surface area contributed by atoms with E-state index >= 15 is 0 Å². The van der Waals surface area contributed by atoms with E-state index in [0.717, 1.165) is 23.1 Å². The van der Waals surface area contributed by atoms with Gasteiger partial charge in [-0.25, -0.2) is 4.79 Å². The highest BCUT2D eigenvalue weighted by Crippen LogP contribution is 2.32. The lowest BCUT2D eigenvalue weighted by molar-refractivity contribution is -0.139. The summed E-state index contributed by atoms with van der Waals surface area (Å²) in [7, 11) is 0. The molecule has 0 spiro atoms. The lowest BCUT2D eigenvalue weighted by Gasteiger charge is -2.23. The number of nitrogens with zero attached hydrogens (tertiary/aromatic N) is 1. The summed E-state index contributed by atoms with van der Waals surface area (Å²) in [6.45, 7) is 3.29. The lowest BCUT2D eigenvalue weighted by Crippen LogP contribution is -2.53. The van der Waals surface area contributed by atoms with Crippen LogP contribution in [0.15, 0.2) is 36.7 Å². The SMILES string of the molecule is CC(C)[C@H](NC(=O)C1SCCS1)C(=O)NCC(=O)N[C@H](/C=C/C(=O)OCc1cccnc1)CCC(N)=O. The molecule has 0 saturated carbocycles. The number of esters is 1. The van der Waals surface area contributed by atoms with Crippen molar-refractivity contribution in [2.24, 2.45) is 11.7 Å². The van der Waals surface area contributed by atoms with Crippen LogP contribution in [0, 0.1) is 5.92 Å². The maximum atomic E-state index is 12.7. The minimum atomic E-state index is -0.790. The Morgan fingerprint density at radius 1 is 1.19 bits per heavy atom. The second kappa shape index (κ2) is 15.9. The highest BCUT2D eigenvalue weighted by atomic mass is 32.2. The van der Waals surface area contributed by atoms with E-state index in [2.05, 4.69) is 20.9 Å². The first-order valence-electron chi connectivity index (χ1n) is 11.8. The maximum Gasteiger partial charge on any atom is 0.330 e. The summed E-state index contributed by atoms with van der Waals surface area (Å²) in [5, 5.41) is 7.96. The number of aromatic nitrogens is 1. The Bertz CT molecular complexity index is 970. The van der Waals surface area contributed by atoms with Gasteiger partial charge < -0.3 is 26.4 Å². The molecule has 1 saturated heterocycles. The van der Waals surface area contributed by atoms with E-state index in [0.29, 0.717) is 0 Å². The number of primary amides is 1. The van der Waals surface area contributed by atoms with Gasteiger partial charge in [0.15, 0.2) is 0 Å². The highest BCUT2D eigenvalue weighted by molar-refractivity contribution is 8.21. The molecule has 2 heterocycles. The van der Waals surface area contributed by atoms with Crippen LogP contribution in [0.1, 0.15) is 32.3 Å². The van der Waals surface area contributed by atoms with Crippen LogP contribution in [-0.2, 0) is 35.3 Å². The topological polar surface area (TPSA) is 170 Å². The quantitative estimate of drug-likeness (QED) is 0.190. The zero-order valence-corrected chi connectivity index (χ0v) is 22.4. The van der Waals surface area contributed by atoms with Gasteiger partial charge in [-0.3, -0.25) is 24.2 Å². The van der Waals surface area contributed by atoms with Gasteiger partial charge in [-0.15, -0.1) is 23.5 Å². The molecule has 0 radical (unpaired) electrons. The van der Waals surface area contributed by atoms with E-state index in [1.165, 1.54) is 29.6 Å². The molecule has 11 nitrogen and oxygen atoms in total. The first-order valence-corrected chi connectivity index (χ1v) is 13.9. The molecule has 4 amide bonds. The third-order valence-electron chi connectivity index (χ3n) is 5.12. The molecule has 1 aliphatic rings. The summed E-state index contributed by atoms with van der Waals surface area (Å²) in [5.41, 5.74) is 5.93. The van der Waals surface area contributed by atoms with Crippen LogP contribution in [0.3, 0.4) is 0 Å². The van der Waals surface area contributed by atoms with Gasteiger partial charge in [0.1, 0.15) is 17.2 Å². The maximum absolute atomic E-state index is 12.7. The van der Waals surface area contributed by atoms with Crippen LogP contribution in [0.25, 0.3) is 0 Å². The number of carbonyl (C=O) groups is 5. The van der Waals surface area contributed by atoms with Crippen molar-refractivity contribution in [1.29, 1.82) is 0 Å². The summed E-state index contributed by atoms with van der Waals surface area (Å²) < 4.78 is 4.90. The van der Waals surface area contributed by atoms with Crippen LogP contribution >= 0.6 is 23.5 Å². The number of thioether (sulfide) groups is 2. The monoisotopic (exact) mass is 551 g/mol. The number of hydrogen-bond donors (Lipinski definition) is 4. The molecule has 1 aromatic rings. The molecule has 2 atom stereocenters. The van der Waals surface area contributed by atoms with Crippen LogP contribution in [0.4, 0.5) is 0 Å². The Balaban J connectivity index is 1.87. The van der Waals surface area contributed by atoms with Crippen LogP contribution in [0.2, 0.25) is 0 Å². The molecule has 0 aromatic carbocycles. The minimum Gasteiger partial charge on any atom is -0.458 e. The average molecular weight is 552 g/mol. The molecule has 0 unspecified atom stereocenters. The standard InChI is InChI=1S/C24H33N5O6S2/c1-15(2)21(29-23(34)24-36-10-11-37-24)22(33)27-13-19(31)28-17(5-7-18(25)30)6-8-20(32)35-14-16-4-3-9-26-12-16/h3-4,6,8-9,12,15,17,21,24H,5,7,10-11,13-14H2,1-2H3,(H2,25,30)(H,27,33)(H,28,31)(H,29,34)/b8-6+/t17-,21-/m0/s1. The number of nitrogens with one attached hydrogen (secondary N) is 3. The molecule has 13 heteroatoms. The summed E-state index contributed by atoms with van der Waals surface area (Å²) in [4.78, 5) is 64.8. The Morgan fingerprint density at radius 2 is 1.92 bits per heavy atom. The number of carbonyl (C=O) groups excluding carboxylic acids is 5. The third kappa shape index (κ3) is 11.7. The normalized spacial score (nSPS) is 15.2. The highest BCUT2D eigenvalue weighted by Gasteiger charge is 2.30. The fraction of sp³-hybridized carbons (Fsp3) is 0.500. The second-order valence-electron chi connectivity index (χ2n) is 8.53. The molecule has 1 aromatic heterocycles. The molecule has 2 rings (SSSR count). The summed E-state index contributed by atoms with van der Waals surface area (Å²) in [6, 6.07) is 2.00. The predicted octanol–water partition coefficient (Wildman–Crippen LogP) is 0.494. The zero-order chi connectivity index (χ0) is 27.2. The third-order valence-corrected chi connectivity index (χ3v) is 8.11. The van der Waals surface area contributed by atoms with Crippen LogP contribution in [-0.4, -0.2) is 69.3 Å². The smallest absolute Gasteiger partial charge is 0.330 e. The van der Waals surface area contributed by atoms with Crippen molar-refractivity contribution in [1.82, 2.24) is 20.9 Å². The van der Waals surface area contributed by atoms with Crippen LogP contribution in [0.5, 0.6) is 0 Å². The molecular formula is C24H33N5O6S2. The van der Waals surface area contributed by atoms with E-state index in [1.54, 1.807) is 38.4 Å². The number of ether oxygens (including phenoxy) is 1. The Hall–Kier alpha value is -3.06. The van der Waals surface area contributed by atoms with Crippen molar-refractivity contribution in [3.05, 3.63) is 42.2 Å². The number of rotatable bonds is 14. The first-order chi connectivity index (χ1) is 17.7. The lowest BCUT2D eigenvalue weighted by atomic mass is 10.0. The van der Waals surface area contributed by atoms with E-state index in [4.69, 9.17) is 10.5 Å². The van der Waals surface area contributed by atoms with Gasteiger partial charge in [-0.2, -0.15) is 0 Å². The van der Waals surface area contributed by atoms with Crippen molar-refractivity contribution in [2.75, 3.05) is 18.1 Å². The van der Waals surface area contributed by atoms with Crippen LogP contribution < -0.4 is 21.7 Å². The first kappa shape index (κ1) is 30.2. The van der Waals surface area contributed by atoms with E-state index < -0.39 is 35.8 Å². The van der Waals surface area contributed by atoms with Crippen molar-refractivity contribution in [3.63, 3.8) is 0 Å². The Labute approximate surface area is 224 Å². The number of amides is 4. The van der Waals surface area contributed by atoms with Gasteiger partial charge >= 0.3 is 5.97 Å².